The Kier molecular flexibility index (Phi) is 5.72. The van der Waals surface area contributed by atoms with Gasteiger partial charge in [0.2, 0.25) is 0 Å². The van der Waals surface area contributed by atoms with Crippen LogP contribution in [0.15, 0.2) is 71.6 Å². The summed E-state index contributed by atoms with van der Waals surface area (Å²) >= 11 is 5.91. The van der Waals surface area contributed by atoms with Gasteiger partial charge in [-0.05, 0) is 55.8 Å². The van der Waals surface area contributed by atoms with E-state index in [1.165, 1.54) is 24.3 Å². The molecule has 0 aliphatic carbocycles. The van der Waals surface area contributed by atoms with E-state index in [0.717, 1.165) is 22.0 Å². The monoisotopic (exact) mass is 421 g/mol. The van der Waals surface area contributed by atoms with Crippen molar-refractivity contribution in [1.29, 1.82) is 0 Å². The van der Waals surface area contributed by atoms with Crippen molar-refractivity contribution < 1.29 is 17.2 Å². The van der Waals surface area contributed by atoms with E-state index in [0.29, 0.717) is 5.69 Å². The highest BCUT2D eigenvalue weighted by Crippen LogP contribution is 2.35. The topological polar surface area (TPSA) is 37.4 Å². The van der Waals surface area contributed by atoms with Crippen molar-refractivity contribution in [2.24, 2.45) is 0 Å². The molecule has 0 radical (unpaired) electrons. The molecule has 0 heterocycles. The van der Waals surface area contributed by atoms with E-state index in [1.54, 1.807) is 31.2 Å². The Bertz CT molecular complexity index is 1120. The number of rotatable bonds is 5. The molecule has 3 rings (SSSR count). The second-order valence-electron chi connectivity index (χ2n) is 6.41. The van der Waals surface area contributed by atoms with E-state index in [2.05, 4.69) is 0 Å². The van der Waals surface area contributed by atoms with E-state index >= 15 is 0 Å². The van der Waals surface area contributed by atoms with E-state index < -0.39 is 32.6 Å². The summed E-state index contributed by atoms with van der Waals surface area (Å²) in [4.78, 5) is -0.565. The first-order valence-electron chi connectivity index (χ1n) is 8.52. The van der Waals surface area contributed by atoms with Crippen LogP contribution in [0, 0.1) is 18.6 Å². The molecule has 0 spiro atoms. The molecule has 3 nitrogen and oxygen atoms in total. The van der Waals surface area contributed by atoms with Crippen LogP contribution >= 0.6 is 11.6 Å². The first-order chi connectivity index (χ1) is 13.2. The average Bonchev–Trinajstić information content (AvgIpc) is 2.64. The van der Waals surface area contributed by atoms with Crippen molar-refractivity contribution in [2.45, 2.75) is 24.8 Å². The van der Waals surface area contributed by atoms with Crippen LogP contribution in [0.5, 0.6) is 0 Å². The molecule has 0 N–H and O–H groups in total. The number of nitrogens with zero attached hydrogens (tertiary/aromatic N) is 1. The summed E-state index contributed by atoms with van der Waals surface area (Å²) in [6.07, 6.45) is 0. The maximum Gasteiger partial charge on any atom is 0.267 e. The van der Waals surface area contributed by atoms with Gasteiger partial charge in [-0.1, -0.05) is 41.9 Å². The van der Waals surface area contributed by atoms with Gasteiger partial charge in [0.1, 0.15) is 16.5 Å². The molecule has 0 aliphatic heterocycles. The summed E-state index contributed by atoms with van der Waals surface area (Å²) < 4.78 is 56.8. The van der Waals surface area contributed by atoms with Gasteiger partial charge in [-0.3, -0.25) is 4.31 Å². The molecule has 0 bridgehead atoms. The van der Waals surface area contributed by atoms with Gasteiger partial charge in [0, 0.05) is 10.6 Å². The zero-order valence-corrected chi connectivity index (χ0v) is 16.8. The summed E-state index contributed by atoms with van der Waals surface area (Å²) in [5.41, 5.74) is 1.29. The summed E-state index contributed by atoms with van der Waals surface area (Å²) in [5.74, 6) is -1.47. The number of benzene rings is 3. The van der Waals surface area contributed by atoms with Gasteiger partial charge in [-0.25, -0.2) is 17.2 Å². The van der Waals surface area contributed by atoms with Crippen molar-refractivity contribution >= 4 is 27.3 Å². The zero-order valence-electron chi connectivity index (χ0n) is 15.2. The van der Waals surface area contributed by atoms with Crippen LogP contribution in [0.1, 0.15) is 24.1 Å². The lowest BCUT2D eigenvalue weighted by molar-refractivity contribution is 0.553. The summed E-state index contributed by atoms with van der Waals surface area (Å²) in [6, 6.07) is 15.0. The van der Waals surface area contributed by atoms with E-state index in [1.807, 2.05) is 13.0 Å². The minimum Gasteiger partial charge on any atom is -0.259 e. The standard InChI is InChI=1S/C21H18ClF2NO2S/c1-14-6-5-7-17(12-14)25(15(2)18-8-3-4-9-19(18)23)28(26,27)21-13-16(22)10-11-20(21)24/h3-13,15H,1-2H3. The number of halogens is 3. The summed E-state index contributed by atoms with van der Waals surface area (Å²) in [7, 11) is -4.38. The van der Waals surface area contributed by atoms with Crippen LogP contribution in [-0.4, -0.2) is 8.42 Å². The highest BCUT2D eigenvalue weighted by atomic mass is 35.5. The fraction of sp³-hybridized carbons (Fsp3) is 0.143. The maximum absolute atomic E-state index is 14.4. The quantitative estimate of drug-likeness (QED) is 0.515. The Morgan fingerprint density at radius 1 is 0.929 bits per heavy atom. The van der Waals surface area contributed by atoms with Gasteiger partial charge >= 0.3 is 0 Å². The molecule has 1 unspecified atom stereocenters. The van der Waals surface area contributed by atoms with Crippen molar-refractivity contribution in [3.63, 3.8) is 0 Å². The Labute approximate surface area is 168 Å². The van der Waals surface area contributed by atoms with E-state index in [4.69, 9.17) is 11.6 Å². The van der Waals surface area contributed by atoms with Gasteiger partial charge in [0.25, 0.3) is 10.0 Å². The second kappa shape index (κ2) is 7.89. The molecule has 3 aromatic rings. The maximum atomic E-state index is 14.4. The predicted octanol–water partition coefficient (Wildman–Crippen LogP) is 5.88. The van der Waals surface area contributed by atoms with Crippen molar-refractivity contribution in [3.05, 3.63) is 94.5 Å². The molecule has 7 heteroatoms. The van der Waals surface area contributed by atoms with Gasteiger partial charge < -0.3 is 0 Å². The van der Waals surface area contributed by atoms with Crippen LogP contribution in [0.3, 0.4) is 0 Å². The van der Waals surface area contributed by atoms with Gasteiger partial charge in [0.05, 0.1) is 11.7 Å². The van der Waals surface area contributed by atoms with Gasteiger partial charge in [-0.2, -0.15) is 0 Å². The molecular weight excluding hydrogens is 404 g/mol. The normalized spacial score (nSPS) is 12.6. The molecule has 0 fully saturated rings. The Morgan fingerprint density at radius 2 is 1.64 bits per heavy atom. The third-order valence-corrected chi connectivity index (χ3v) is 6.54. The highest BCUT2D eigenvalue weighted by molar-refractivity contribution is 7.92. The largest absolute Gasteiger partial charge is 0.267 e. The van der Waals surface area contributed by atoms with Gasteiger partial charge in [-0.15, -0.1) is 0 Å². The predicted molar refractivity (Wildman–Crippen MR) is 107 cm³/mol. The summed E-state index contributed by atoms with van der Waals surface area (Å²) in [6.45, 7) is 3.36. The number of sulfonamides is 1. The zero-order chi connectivity index (χ0) is 20.5. The number of anilines is 1. The molecule has 0 saturated carbocycles. The first kappa shape index (κ1) is 20.3. The minimum absolute atomic E-state index is 0.0858. The second-order valence-corrected chi connectivity index (χ2v) is 8.63. The lowest BCUT2D eigenvalue weighted by Gasteiger charge is -2.31. The fourth-order valence-electron chi connectivity index (χ4n) is 3.06. The van der Waals surface area contributed by atoms with Crippen LogP contribution in [0.2, 0.25) is 5.02 Å². The molecular formula is C21H18ClF2NO2S. The third kappa shape index (κ3) is 3.88. The van der Waals surface area contributed by atoms with Crippen LogP contribution in [0.4, 0.5) is 14.5 Å². The highest BCUT2D eigenvalue weighted by Gasteiger charge is 2.33. The van der Waals surface area contributed by atoms with E-state index in [-0.39, 0.29) is 10.6 Å². The minimum atomic E-state index is -4.38. The first-order valence-corrected chi connectivity index (χ1v) is 10.3. The SMILES string of the molecule is Cc1cccc(N(C(C)c2ccccc2F)S(=O)(=O)c2cc(Cl)ccc2F)c1. The molecule has 0 amide bonds. The van der Waals surface area contributed by atoms with Crippen molar-refractivity contribution in [3.8, 4) is 0 Å². The van der Waals surface area contributed by atoms with Crippen LogP contribution in [0.25, 0.3) is 0 Å². The number of hydrogen-bond acceptors (Lipinski definition) is 2. The molecule has 146 valence electrons. The van der Waals surface area contributed by atoms with Crippen molar-refractivity contribution in [1.82, 2.24) is 0 Å². The Hall–Kier alpha value is -2.44. The van der Waals surface area contributed by atoms with Crippen molar-refractivity contribution in [2.75, 3.05) is 4.31 Å². The Balaban J connectivity index is 2.24. The summed E-state index contributed by atoms with van der Waals surface area (Å²) in [5, 5.41) is 0.0858. The lowest BCUT2D eigenvalue weighted by atomic mass is 10.1. The molecule has 28 heavy (non-hydrogen) atoms. The smallest absolute Gasteiger partial charge is 0.259 e. The van der Waals surface area contributed by atoms with Gasteiger partial charge in [0.15, 0.2) is 0 Å². The fourth-order valence-corrected chi connectivity index (χ4v) is 5.02. The molecule has 1 atom stereocenters. The molecule has 0 aliphatic rings. The average molecular weight is 422 g/mol. The lowest BCUT2D eigenvalue weighted by Crippen LogP contribution is -2.34. The van der Waals surface area contributed by atoms with Crippen LogP contribution < -0.4 is 4.31 Å². The van der Waals surface area contributed by atoms with E-state index in [9.17, 15) is 17.2 Å². The third-order valence-electron chi connectivity index (χ3n) is 4.39. The Morgan fingerprint density at radius 3 is 2.32 bits per heavy atom. The molecule has 0 saturated heterocycles. The number of aryl methyl sites for hydroxylation is 1. The molecule has 0 aromatic heterocycles. The van der Waals surface area contributed by atoms with Crippen LogP contribution in [-0.2, 0) is 10.0 Å². The molecule has 3 aromatic carbocycles. The number of hydrogen-bond donors (Lipinski definition) is 0.